The summed E-state index contributed by atoms with van der Waals surface area (Å²) in [5, 5.41) is 7.14. The maximum absolute atomic E-state index is 12.1. The smallest absolute Gasteiger partial charge is 0.418 e. The Morgan fingerprint density at radius 2 is 1.96 bits per heavy atom. The fourth-order valence-corrected chi connectivity index (χ4v) is 2.75. The fraction of sp³-hybridized carbons (Fsp3) is 0.211. The van der Waals surface area contributed by atoms with Crippen molar-refractivity contribution in [2.45, 2.75) is 13.0 Å². The fourth-order valence-electron chi connectivity index (χ4n) is 2.53. The van der Waals surface area contributed by atoms with Crippen molar-refractivity contribution < 1.29 is 18.8 Å². The van der Waals surface area contributed by atoms with Crippen molar-refractivity contribution in [2.24, 2.45) is 0 Å². The van der Waals surface area contributed by atoms with E-state index in [0.29, 0.717) is 22.2 Å². The predicted molar refractivity (Wildman–Crippen MR) is 99.8 cm³/mol. The first kappa shape index (κ1) is 18.7. The monoisotopic (exact) mass is 387 g/mol. The summed E-state index contributed by atoms with van der Waals surface area (Å²) in [4.78, 5) is 16.2. The second-order valence-electron chi connectivity index (χ2n) is 5.68. The summed E-state index contributed by atoms with van der Waals surface area (Å²) >= 11 is 6.10. The molecule has 140 valence electrons. The van der Waals surface area contributed by atoms with E-state index in [1.54, 1.807) is 25.3 Å². The average Bonchev–Trinajstić information content (AvgIpc) is 3.15. The molecule has 3 rings (SSSR count). The minimum absolute atomic E-state index is 0.106. The lowest BCUT2D eigenvalue weighted by Crippen LogP contribution is -2.31. The molecule has 3 aromatic rings. The maximum Gasteiger partial charge on any atom is 0.418 e. The summed E-state index contributed by atoms with van der Waals surface area (Å²) < 4.78 is 15.6. The third-order valence-electron chi connectivity index (χ3n) is 3.83. The number of ether oxygens (including phenoxy) is 2. The first-order valence-electron chi connectivity index (χ1n) is 8.22. The number of aromatic nitrogens is 2. The molecule has 8 heteroatoms. The number of rotatable bonds is 7. The van der Waals surface area contributed by atoms with Crippen LogP contribution in [0.25, 0.3) is 11.4 Å². The standard InChI is InChI=1S/C19H18ClN3O4/c1-12(13-7-4-6-10-16(13)25-2)21-17(24)11-26-19-22-18(23-27-19)14-8-3-5-9-15(14)20/h3-10,12H,11H2,1-2H3,(H,21,24). The molecule has 0 saturated heterocycles. The number of benzene rings is 2. The number of nitrogens with one attached hydrogen (secondary N) is 1. The van der Waals surface area contributed by atoms with Gasteiger partial charge >= 0.3 is 6.08 Å². The van der Waals surface area contributed by atoms with E-state index in [4.69, 9.17) is 25.6 Å². The molecule has 1 N–H and O–H groups in total. The molecule has 0 aliphatic rings. The molecule has 1 unspecified atom stereocenters. The van der Waals surface area contributed by atoms with Crippen LogP contribution in [0.1, 0.15) is 18.5 Å². The van der Waals surface area contributed by atoms with Crippen LogP contribution in [0.2, 0.25) is 5.02 Å². The molecular formula is C19H18ClN3O4. The molecule has 0 bridgehead atoms. The number of halogens is 1. The van der Waals surface area contributed by atoms with Crippen molar-refractivity contribution in [2.75, 3.05) is 13.7 Å². The molecule has 1 aromatic heterocycles. The lowest BCUT2D eigenvalue weighted by atomic mass is 10.1. The Labute approximate surface area is 161 Å². The molecule has 0 fully saturated rings. The van der Waals surface area contributed by atoms with Crippen molar-refractivity contribution in [1.29, 1.82) is 0 Å². The number of hydrogen-bond donors (Lipinski definition) is 1. The van der Waals surface area contributed by atoms with Gasteiger partial charge in [-0.1, -0.05) is 47.1 Å². The maximum atomic E-state index is 12.1. The van der Waals surface area contributed by atoms with Crippen molar-refractivity contribution >= 4 is 17.5 Å². The first-order valence-corrected chi connectivity index (χ1v) is 8.60. The third kappa shape index (κ3) is 4.57. The quantitative estimate of drug-likeness (QED) is 0.665. The van der Waals surface area contributed by atoms with Crippen LogP contribution in [0.15, 0.2) is 53.1 Å². The van der Waals surface area contributed by atoms with Crippen LogP contribution in [-0.2, 0) is 4.79 Å². The molecule has 1 amide bonds. The highest BCUT2D eigenvalue weighted by atomic mass is 35.5. The molecule has 0 spiro atoms. The van der Waals surface area contributed by atoms with Crippen LogP contribution in [-0.4, -0.2) is 29.8 Å². The Hall–Kier alpha value is -3.06. The van der Waals surface area contributed by atoms with Crippen molar-refractivity contribution in [3.8, 4) is 23.2 Å². The Morgan fingerprint density at radius 1 is 1.22 bits per heavy atom. The van der Waals surface area contributed by atoms with E-state index in [1.807, 2.05) is 37.3 Å². The van der Waals surface area contributed by atoms with Gasteiger partial charge in [0.15, 0.2) is 6.61 Å². The van der Waals surface area contributed by atoms with Gasteiger partial charge in [-0.15, -0.1) is 0 Å². The summed E-state index contributed by atoms with van der Waals surface area (Å²) in [6, 6.07) is 14.3. The topological polar surface area (TPSA) is 86.5 Å². The average molecular weight is 388 g/mol. The number of amides is 1. The van der Waals surface area contributed by atoms with Gasteiger partial charge in [0.2, 0.25) is 5.82 Å². The second kappa shape index (κ2) is 8.55. The van der Waals surface area contributed by atoms with E-state index in [1.165, 1.54) is 0 Å². The number of hydrogen-bond acceptors (Lipinski definition) is 6. The number of carbonyl (C=O) groups is 1. The zero-order valence-electron chi connectivity index (χ0n) is 14.8. The van der Waals surface area contributed by atoms with E-state index in [9.17, 15) is 4.79 Å². The van der Waals surface area contributed by atoms with Crippen molar-refractivity contribution in [1.82, 2.24) is 15.5 Å². The molecular weight excluding hydrogens is 370 g/mol. The van der Waals surface area contributed by atoms with Gasteiger partial charge < -0.3 is 14.8 Å². The van der Waals surface area contributed by atoms with Crippen LogP contribution in [0.4, 0.5) is 0 Å². The van der Waals surface area contributed by atoms with Gasteiger partial charge in [-0.25, -0.2) is 0 Å². The molecule has 0 radical (unpaired) electrons. The summed E-state index contributed by atoms with van der Waals surface area (Å²) in [5.74, 6) is 0.664. The summed E-state index contributed by atoms with van der Waals surface area (Å²) in [6.45, 7) is 1.60. The highest BCUT2D eigenvalue weighted by Gasteiger charge is 2.16. The summed E-state index contributed by atoms with van der Waals surface area (Å²) in [5.41, 5.74) is 1.49. The number of carbonyl (C=O) groups excluding carboxylic acids is 1. The van der Waals surface area contributed by atoms with Crippen molar-refractivity contribution in [3.63, 3.8) is 0 Å². The third-order valence-corrected chi connectivity index (χ3v) is 4.16. The second-order valence-corrected chi connectivity index (χ2v) is 6.09. The van der Waals surface area contributed by atoms with Crippen LogP contribution >= 0.6 is 11.6 Å². The highest BCUT2D eigenvalue weighted by Crippen LogP contribution is 2.26. The van der Waals surface area contributed by atoms with Gasteiger partial charge in [-0.05, 0) is 25.1 Å². The largest absolute Gasteiger partial charge is 0.496 e. The molecule has 1 atom stereocenters. The van der Waals surface area contributed by atoms with Gasteiger partial charge in [-0.2, -0.15) is 4.98 Å². The van der Waals surface area contributed by atoms with E-state index in [2.05, 4.69) is 15.5 Å². The number of para-hydroxylation sites is 1. The lowest BCUT2D eigenvalue weighted by molar-refractivity contribution is -0.124. The number of methoxy groups -OCH3 is 1. The van der Waals surface area contributed by atoms with Gasteiger partial charge in [-0.3, -0.25) is 9.32 Å². The zero-order valence-corrected chi connectivity index (χ0v) is 15.6. The van der Waals surface area contributed by atoms with E-state index in [-0.39, 0.29) is 24.6 Å². The van der Waals surface area contributed by atoms with Gasteiger partial charge in [0.1, 0.15) is 5.75 Å². The summed E-state index contributed by atoms with van der Waals surface area (Å²) in [6.07, 6.45) is -0.106. The summed E-state index contributed by atoms with van der Waals surface area (Å²) in [7, 11) is 1.59. The molecule has 0 saturated carbocycles. The molecule has 0 aliphatic carbocycles. The Balaban J connectivity index is 1.57. The van der Waals surface area contributed by atoms with Gasteiger partial charge in [0.05, 0.1) is 18.2 Å². The van der Waals surface area contributed by atoms with Crippen LogP contribution in [0.5, 0.6) is 11.8 Å². The normalized spacial score (nSPS) is 11.7. The minimum atomic E-state index is -0.328. The van der Waals surface area contributed by atoms with E-state index in [0.717, 1.165) is 5.56 Å². The Kier molecular flexibility index (Phi) is 5.93. The molecule has 0 aliphatic heterocycles. The molecule has 1 heterocycles. The van der Waals surface area contributed by atoms with Crippen LogP contribution in [0, 0.1) is 0 Å². The molecule has 2 aromatic carbocycles. The van der Waals surface area contributed by atoms with Crippen molar-refractivity contribution in [3.05, 3.63) is 59.1 Å². The van der Waals surface area contributed by atoms with Gasteiger partial charge in [0, 0.05) is 11.1 Å². The lowest BCUT2D eigenvalue weighted by Gasteiger charge is -2.16. The van der Waals surface area contributed by atoms with Crippen LogP contribution in [0.3, 0.4) is 0 Å². The van der Waals surface area contributed by atoms with Crippen LogP contribution < -0.4 is 14.8 Å². The first-order chi connectivity index (χ1) is 13.1. The Morgan fingerprint density at radius 3 is 2.74 bits per heavy atom. The predicted octanol–water partition coefficient (Wildman–Crippen LogP) is 3.65. The van der Waals surface area contributed by atoms with Gasteiger partial charge in [0.25, 0.3) is 5.91 Å². The number of nitrogens with zero attached hydrogens (tertiary/aromatic N) is 2. The van der Waals surface area contributed by atoms with E-state index >= 15 is 0 Å². The molecule has 7 nitrogen and oxygen atoms in total. The highest BCUT2D eigenvalue weighted by molar-refractivity contribution is 6.33. The minimum Gasteiger partial charge on any atom is -0.496 e. The molecule has 27 heavy (non-hydrogen) atoms. The van der Waals surface area contributed by atoms with E-state index < -0.39 is 0 Å². The SMILES string of the molecule is COc1ccccc1C(C)NC(=O)COc1nc(-c2ccccc2Cl)no1. The Bertz CT molecular complexity index is 929. The zero-order chi connectivity index (χ0) is 19.2.